The molecule has 0 bridgehead atoms. The van der Waals surface area contributed by atoms with E-state index in [-0.39, 0.29) is 0 Å². The Hall–Kier alpha value is -0.470. The summed E-state index contributed by atoms with van der Waals surface area (Å²) in [4.78, 5) is 32.9. The summed E-state index contributed by atoms with van der Waals surface area (Å²) in [5, 5.41) is 0. The first-order chi connectivity index (χ1) is 6.31. The van der Waals surface area contributed by atoms with Crippen molar-refractivity contribution >= 4 is 18.4 Å². The van der Waals surface area contributed by atoms with Gasteiger partial charge in [-0.3, -0.25) is 14.2 Å². The SMILES string of the molecule is CC(C)(C)C(=O)P(=O)(O)C(=O)C(C)(C)C. The standard InChI is InChI=1S/C10H19O4P/c1-9(2,3)7(11)15(13,14)8(12)10(4,5)6/h1-6H3,(H,13,14). The van der Waals surface area contributed by atoms with Crippen molar-refractivity contribution in [1.29, 1.82) is 0 Å². The molecule has 4 nitrogen and oxygen atoms in total. The van der Waals surface area contributed by atoms with Gasteiger partial charge in [-0.2, -0.15) is 0 Å². The molecule has 0 atom stereocenters. The van der Waals surface area contributed by atoms with E-state index < -0.39 is 29.2 Å². The van der Waals surface area contributed by atoms with Gasteiger partial charge < -0.3 is 4.89 Å². The van der Waals surface area contributed by atoms with Crippen LogP contribution in [-0.2, 0) is 14.2 Å². The van der Waals surface area contributed by atoms with Crippen LogP contribution in [0.25, 0.3) is 0 Å². The summed E-state index contributed by atoms with van der Waals surface area (Å²) in [5.74, 6) is 0. The Morgan fingerprint density at radius 3 is 1.20 bits per heavy atom. The van der Waals surface area contributed by atoms with E-state index in [1.165, 1.54) is 41.5 Å². The zero-order chi connectivity index (χ0) is 12.7. The predicted octanol–water partition coefficient (Wildman–Crippen LogP) is 2.40. The molecule has 88 valence electrons. The van der Waals surface area contributed by atoms with Gasteiger partial charge >= 0.3 is 7.37 Å². The van der Waals surface area contributed by atoms with Gasteiger partial charge in [-0.1, -0.05) is 41.5 Å². The van der Waals surface area contributed by atoms with Gasteiger partial charge in [0.15, 0.2) is 0 Å². The molecular weight excluding hydrogens is 215 g/mol. The summed E-state index contributed by atoms with van der Waals surface area (Å²) >= 11 is 0. The summed E-state index contributed by atoms with van der Waals surface area (Å²) in [6.07, 6.45) is 0. The van der Waals surface area contributed by atoms with Gasteiger partial charge in [0.2, 0.25) is 11.0 Å². The van der Waals surface area contributed by atoms with Gasteiger partial charge in [0, 0.05) is 10.8 Å². The van der Waals surface area contributed by atoms with Gasteiger partial charge in [-0.25, -0.2) is 0 Å². The second-order valence-corrected chi connectivity index (χ2v) is 7.65. The molecule has 0 rings (SSSR count). The third-order valence-electron chi connectivity index (χ3n) is 1.83. The molecule has 0 fully saturated rings. The van der Waals surface area contributed by atoms with Gasteiger partial charge in [0.05, 0.1) is 0 Å². The molecule has 0 radical (unpaired) electrons. The van der Waals surface area contributed by atoms with Crippen LogP contribution in [0.4, 0.5) is 0 Å². The lowest BCUT2D eigenvalue weighted by Crippen LogP contribution is -2.29. The van der Waals surface area contributed by atoms with Crippen molar-refractivity contribution in [3.05, 3.63) is 0 Å². The highest BCUT2D eigenvalue weighted by Crippen LogP contribution is 2.52. The molecule has 0 aliphatic carbocycles. The van der Waals surface area contributed by atoms with Crippen LogP contribution in [0.1, 0.15) is 41.5 Å². The van der Waals surface area contributed by atoms with Crippen LogP contribution >= 0.6 is 7.37 Å². The Balaban J connectivity index is 5.28. The van der Waals surface area contributed by atoms with Crippen molar-refractivity contribution in [3.8, 4) is 0 Å². The summed E-state index contributed by atoms with van der Waals surface area (Å²) < 4.78 is 11.8. The normalized spacial score (nSPS) is 13.8. The Bertz CT molecular complexity index is 300. The van der Waals surface area contributed by atoms with Crippen molar-refractivity contribution in [2.24, 2.45) is 10.8 Å². The number of rotatable bonds is 2. The second-order valence-electron chi connectivity index (χ2n) is 5.69. The lowest BCUT2D eigenvalue weighted by atomic mass is 9.99. The highest BCUT2D eigenvalue weighted by molar-refractivity contribution is 7.90. The molecule has 0 aromatic rings. The third-order valence-corrected chi connectivity index (χ3v) is 4.28. The van der Waals surface area contributed by atoms with Crippen LogP contribution in [0, 0.1) is 10.8 Å². The zero-order valence-corrected chi connectivity index (χ0v) is 11.0. The molecule has 0 aromatic carbocycles. The fourth-order valence-corrected chi connectivity index (χ4v) is 3.00. The number of carbonyl (C=O) groups excluding carboxylic acids is 2. The van der Waals surface area contributed by atoms with Crippen LogP contribution in [0.5, 0.6) is 0 Å². The highest BCUT2D eigenvalue weighted by atomic mass is 31.2. The van der Waals surface area contributed by atoms with Crippen molar-refractivity contribution in [2.75, 3.05) is 0 Å². The fraction of sp³-hybridized carbons (Fsp3) is 0.800. The quantitative estimate of drug-likeness (QED) is 0.744. The molecular formula is C10H19O4P. The lowest BCUT2D eigenvalue weighted by molar-refractivity contribution is -0.123. The van der Waals surface area contributed by atoms with Crippen molar-refractivity contribution in [3.63, 3.8) is 0 Å². The minimum absolute atomic E-state index is 0.880. The van der Waals surface area contributed by atoms with E-state index in [4.69, 9.17) is 0 Å². The summed E-state index contributed by atoms with van der Waals surface area (Å²) in [6, 6.07) is 0. The van der Waals surface area contributed by atoms with E-state index in [9.17, 15) is 19.0 Å². The van der Waals surface area contributed by atoms with Crippen LogP contribution in [-0.4, -0.2) is 15.9 Å². The molecule has 0 saturated carbocycles. The molecule has 0 saturated heterocycles. The van der Waals surface area contributed by atoms with E-state index in [1.807, 2.05) is 0 Å². The van der Waals surface area contributed by atoms with Crippen LogP contribution in [0.15, 0.2) is 0 Å². The summed E-state index contributed by atoms with van der Waals surface area (Å²) in [6.45, 7) is 9.13. The maximum Gasteiger partial charge on any atom is 0.329 e. The topological polar surface area (TPSA) is 71.4 Å². The first-order valence-electron chi connectivity index (χ1n) is 4.74. The van der Waals surface area contributed by atoms with Crippen LogP contribution in [0.2, 0.25) is 0 Å². The molecule has 0 aliphatic rings. The van der Waals surface area contributed by atoms with Crippen molar-refractivity contribution in [2.45, 2.75) is 41.5 Å². The smallest absolute Gasteiger partial charge is 0.329 e. The van der Waals surface area contributed by atoms with Gasteiger partial charge in [0.1, 0.15) is 0 Å². The number of hydrogen-bond donors (Lipinski definition) is 1. The molecule has 0 aromatic heterocycles. The lowest BCUT2D eigenvalue weighted by Gasteiger charge is -2.24. The van der Waals surface area contributed by atoms with E-state index >= 15 is 0 Å². The van der Waals surface area contributed by atoms with Gasteiger partial charge in [0.25, 0.3) is 0 Å². The predicted molar refractivity (Wildman–Crippen MR) is 58.7 cm³/mol. The van der Waals surface area contributed by atoms with Gasteiger partial charge in [-0.15, -0.1) is 0 Å². The summed E-state index contributed by atoms with van der Waals surface area (Å²) in [7, 11) is -4.40. The molecule has 0 heterocycles. The first kappa shape index (κ1) is 14.5. The van der Waals surface area contributed by atoms with Crippen molar-refractivity contribution in [1.82, 2.24) is 0 Å². The molecule has 0 amide bonds. The van der Waals surface area contributed by atoms with Gasteiger partial charge in [-0.05, 0) is 0 Å². The van der Waals surface area contributed by atoms with Crippen LogP contribution in [0.3, 0.4) is 0 Å². The first-order valence-corrected chi connectivity index (χ1v) is 6.40. The third kappa shape index (κ3) is 3.25. The minimum atomic E-state index is -4.40. The number of hydrogen-bond acceptors (Lipinski definition) is 3. The molecule has 1 N–H and O–H groups in total. The highest BCUT2D eigenvalue weighted by Gasteiger charge is 2.47. The van der Waals surface area contributed by atoms with E-state index in [1.54, 1.807) is 0 Å². The van der Waals surface area contributed by atoms with E-state index in [0.29, 0.717) is 0 Å². The zero-order valence-electron chi connectivity index (χ0n) is 10.1. The van der Waals surface area contributed by atoms with Crippen LogP contribution < -0.4 is 0 Å². The average molecular weight is 234 g/mol. The molecule has 15 heavy (non-hydrogen) atoms. The fourth-order valence-electron chi connectivity index (χ4n) is 1.00. The Labute approximate surface area is 90.5 Å². The maximum absolute atomic E-state index is 11.8. The second kappa shape index (κ2) is 3.84. The largest absolute Gasteiger partial charge is 0.334 e. The average Bonchev–Trinajstić information content (AvgIpc) is 1.98. The maximum atomic E-state index is 11.8. The Kier molecular flexibility index (Phi) is 3.72. The monoisotopic (exact) mass is 234 g/mol. The molecule has 0 unspecified atom stereocenters. The Morgan fingerprint density at radius 2 is 1.07 bits per heavy atom. The molecule has 5 heteroatoms. The van der Waals surface area contributed by atoms with Crippen molar-refractivity contribution < 1.29 is 19.0 Å². The molecule has 0 aliphatic heterocycles. The minimum Gasteiger partial charge on any atom is -0.334 e. The number of carbonyl (C=O) groups is 2. The van der Waals surface area contributed by atoms with E-state index in [0.717, 1.165) is 0 Å². The molecule has 0 spiro atoms. The Morgan fingerprint density at radius 1 is 0.867 bits per heavy atom. The summed E-state index contributed by atoms with van der Waals surface area (Å²) in [5.41, 5.74) is -3.72. The van der Waals surface area contributed by atoms with E-state index in [2.05, 4.69) is 0 Å².